The number of aromatic nitrogens is 4. The van der Waals surface area contributed by atoms with Crippen LogP contribution in [0.15, 0.2) is 30.6 Å². The lowest BCUT2D eigenvalue weighted by atomic mass is 9.93. The number of benzene rings is 1. The number of nitrogens with zero attached hydrogens (tertiary/aromatic N) is 4. The molecule has 0 unspecified atom stereocenters. The SMILES string of the molecule is CCOCC.COc1cc(NC2CCC(Oc3cc(N)cc4nccnc34)CC2)nc(C)n1. The molecule has 3 N–H and O–H groups in total. The van der Waals surface area contributed by atoms with Gasteiger partial charge in [0, 0.05) is 49.5 Å². The Labute approximate surface area is 195 Å². The second kappa shape index (κ2) is 12.2. The molecule has 0 atom stereocenters. The van der Waals surface area contributed by atoms with Crippen LogP contribution in [-0.4, -0.2) is 52.4 Å². The quantitative estimate of drug-likeness (QED) is 0.507. The normalized spacial score (nSPS) is 17.7. The van der Waals surface area contributed by atoms with Gasteiger partial charge in [0.2, 0.25) is 5.88 Å². The molecule has 0 radical (unpaired) electrons. The number of nitrogens with one attached hydrogen (secondary N) is 1. The summed E-state index contributed by atoms with van der Waals surface area (Å²) in [5.74, 6) is 2.76. The molecule has 3 aromatic rings. The predicted molar refractivity (Wildman–Crippen MR) is 130 cm³/mol. The van der Waals surface area contributed by atoms with E-state index in [9.17, 15) is 0 Å². The summed E-state index contributed by atoms with van der Waals surface area (Å²) in [5, 5.41) is 3.49. The Morgan fingerprint density at radius 2 is 1.73 bits per heavy atom. The van der Waals surface area contributed by atoms with E-state index < -0.39 is 0 Å². The summed E-state index contributed by atoms with van der Waals surface area (Å²) in [4.78, 5) is 17.4. The van der Waals surface area contributed by atoms with E-state index in [0.29, 0.717) is 29.2 Å². The summed E-state index contributed by atoms with van der Waals surface area (Å²) >= 11 is 0. The van der Waals surface area contributed by atoms with Gasteiger partial charge in [0.1, 0.15) is 22.9 Å². The first-order chi connectivity index (χ1) is 16.0. The molecule has 0 spiro atoms. The van der Waals surface area contributed by atoms with Crippen LogP contribution in [0.25, 0.3) is 11.0 Å². The molecule has 2 aromatic heterocycles. The van der Waals surface area contributed by atoms with Gasteiger partial charge in [-0.1, -0.05) is 0 Å². The lowest BCUT2D eigenvalue weighted by Crippen LogP contribution is -2.31. The van der Waals surface area contributed by atoms with E-state index in [1.807, 2.05) is 39.0 Å². The Balaban J connectivity index is 0.000000555. The van der Waals surface area contributed by atoms with Crippen molar-refractivity contribution in [1.29, 1.82) is 0 Å². The highest BCUT2D eigenvalue weighted by molar-refractivity contribution is 5.84. The summed E-state index contributed by atoms with van der Waals surface area (Å²) in [6.45, 7) is 7.53. The standard InChI is InChI=1S/C20H24N6O2.C4H10O/c1-12-24-18(11-19(25-12)27-2)26-14-3-5-15(6-4-14)28-17-10-13(21)9-16-20(17)23-8-7-22-16;1-3-5-4-2/h7-11,14-15H,3-6,21H2,1-2H3,(H,24,25,26);3-4H2,1-2H3. The van der Waals surface area contributed by atoms with E-state index in [1.54, 1.807) is 19.5 Å². The van der Waals surface area contributed by atoms with Gasteiger partial charge in [0.25, 0.3) is 0 Å². The fraction of sp³-hybridized carbons (Fsp3) is 0.500. The summed E-state index contributed by atoms with van der Waals surface area (Å²) in [5.41, 5.74) is 8.13. The van der Waals surface area contributed by atoms with Crippen LogP contribution in [0.2, 0.25) is 0 Å². The zero-order valence-corrected chi connectivity index (χ0v) is 19.9. The first kappa shape index (κ1) is 24.4. The van der Waals surface area contributed by atoms with Crippen LogP contribution in [0.1, 0.15) is 45.4 Å². The molecule has 1 aliphatic rings. The van der Waals surface area contributed by atoms with Crippen LogP contribution in [0, 0.1) is 6.92 Å². The number of fused-ring (bicyclic) bond motifs is 1. The van der Waals surface area contributed by atoms with Crippen LogP contribution in [0.3, 0.4) is 0 Å². The largest absolute Gasteiger partial charge is 0.488 e. The molecule has 9 nitrogen and oxygen atoms in total. The molecule has 1 aliphatic carbocycles. The van der Waals surface area contributed by atoms with Gasteiger partial charge in [-0.05, 0) is 52.5 Å². The number of anilines is 2. The Hall–Kier alpha value is -3.20. The highest BCUT2D eigenvalue weighted by Crippen LogP contribution is 2.31. The Bertz CT molecular complexity index is 1020. The van der Waals surface area contributed by atoms with Gasteiger partial charge in [-0.3, -0.25) is 4.98 Å². The predicted octanol–water partition coefficient (Wildman–Crippen LogP) is 4.16. The Morgan fingerprint density at radius 3 is 2.39 bits per heavy atom. The molecule has 178 valence electrons. The van der Waals surface area contributed by atoms with Crippen LogP contribution in [0.4, 0.5) is 11.5 Å². The molecule has 4 rings (SSSR count). The van der Waals surface area contributed by atoms with Crippen LogP contribution in [-0.2, 0) is 4.74 Å². The van der Waals surface area contributed by atoms with Crippen molar-refractivity contribution in [3.8, 4) is 11.6 Å². The zero-order chi connectivity index (χ0) is 23.6. The minimum absolute atomic E-state index is 0.131. The second-order valence-electron chi connectivity index (χ2n) is 7.80. The maximum absolute atomic E-state index is 6.25. The molecule has 33 heavy (non-hydrogen) atoms. The summed E-state index contributed by atoms with van der Waals surface area (Å²) in [6, 6.07) is 5.81. The van der Waals surface area contributed by atoms with Crippen LogP contribution in [0.5, 0.6) is 11.6 Å². The van der Waals surface area contributed by atoms with Crippen molar-refractivity contribution in [1.82, 2.24) is 19.9 Å². The van der Waals surface area contributed by atoms with E-state index in [0.717, 1.165) is 55.7 Å². The lowest BCUT2D eigenvalue weighted by molar-refractivity contribution is 0.152. The van der Waals surface area contributed by atoms with Gasteiger partial charge in [0.05, 0.1) is 18.7 Å². The molecule has 1 fully saturated rings. The van der Waals surface area contributed by atoms with E-state index in [-0.39, 0.29) is 6.10 Å². The Morgan fingerprint density at radius 1 is 1.00 bits per heavy atom. The van der Waals surface area contributed by atoms with Crippen molar-refractivity contribution in [2.24, 2.45) is 0 Å². The molecule has 0 aliphatic heterocycles. The van der Waals surface area contributed by atoms with E-state index in [2.05, 4.69) is 25.3 Å². The molecule has 2 heterocycles. The molecule has 1 aromatic carbocycles. The Kier molecular flexibility index (Phi) is 9.00. The zero-order valence-electron chi connectivity index (χ0n) is 19.9. The smallest absolute Gasteiger partial charge is 0.218 e. The van der Waals surface area contributed by atoms with E-state index in [1.165, 1.54) is 0 Å². The third-order valence-corrected chi connectivity index (χ3v) is 5.31. The number of ether oxygens (including phenoxy) is 3. The van der Waals surface area contributed by atoms with E-state index in [4.69, 9.17) is 19.9 Å². The molecule has 0 amide bonds. The number of hydrogen-bond donors (Lipinski definition) is 2. The molecule has 9 heteroatoms. The number of hydrogen-bond acceptors (Lipinski definition) is 9. The fourth-order valence-electron chi connectivity index (χ4n) is 3.79. The summed E-state index contributed by atoms with van der Waals surface area (Å²) in [6.07, 6.45) is 7.32. The number of aryl methyl sites for hydroxylation is 1. The average molecular weight is 455 g/mol. The van der Waals surface area contributed by atoms with Crippen molar-refractivity contribution < 1.29 is 14.2 Å². The minimum atomic E-state index is 0.131. The second-order valence-corrected chi connectivity index (χ2v) is 7.80. The summed E-state index contributed by atoms with van der Waals surface area (Å²) in [7, 11) is 1.61. The van der Waals surface area contributed by atoms with Crippen molar-refractivity contribution in [2.75, 3.05) is 31.4 Å². The average Bonchev–Trinajstić information content (AvgIpc) is 2.81. The highest BCUT2D eigenvalue weighted by Gasteiger charge is 2.24. The minimum Gasteiger partial charge on any atom is -0.488 e. The monoisotopic (exact) mass is 454 g/mol. The van der Waals surface area contributed by atoms with Gasteiger partial charge in [-0.2, -0.15) is 4.98 Å². The molecular formula is C24H34N6O3. The topological polar surface area (TPSA) is 117 Å². The molecule has 0 bridgehead atoms. The van der Waals surface area contributed by atoms with Gasteiger partial charge in [0.15, 0.2) is 0 Å². The van der Waals surface area contributed by atoms with Crippen LogP contribution >= 0.6 is 0 Å². The first-order valence-electron chi connectivity index (χ1n) is 11.4. The molecule has 0 saturated heterocycles. The third-order valence-electron chi connectivity index (χ3n) is 5.31. The lowest BCUT2D eigenvalue weighted by Gasteiger charge is -2.30. The maximum Gasteiger partial charge on any atom is 0.218 e. The summed E-state index contributed by atoms with van der Waals surface area (Å²) < 4.78 is 16.3. The first-order valence-corrected chi connectivity index (χ1v) is 11.4. The fourth-order valence-corrected chi connectivity index (χ4v) is 3.79. The van der Waals surface area contributed by atoms with Crippen molar-refractivity contribution in [2.45, 2.75) is 58.6 Å². The van der Waals surface area contributed by atoms with E-state index >= 15 is 0 Å². The van der Waals surface area contributed by atoms with Crippen molar-refractivity contribution in [3.05, 3.63) is 36.4 Å². The number of rotatable bonds is 7. The van der Waals surface area contributed by atoms with Crippen molar-refractivity contribution in [3.63, 3.8) is 0 Å². The van der Waals surface area contributed by atoms with Gasteiger partial charge in [-0.25, -0.2) is 9.97 Å². The van der Waals surface area contributed by atoms with Gasteiger partial charge in [-0.15, -0.1) is 0 Å². The number of nitrogens with two attached hydrogens (primary N) is 1. The highest BCUT2D eigenvalue weighted by atomic mass is 16.5. The number of methoxy groups -OCH3 is 1. The van der Waals surface area contributed by atoms with Crippen molar-refractivity contribution >= 4 is 22.5 Å². The van der Waals surface area contributed by atoms with Gasteiger partial charge < -0.3 is 25.3 Å². The maximum atomic E-state index is 6.25. The third kappa shape index (κ3) is 7.15. The van der Waals surface area contributed by atoms with Gasteiger partial charge >= 0.3 is 0 Å². The van der Waals surface area contributed by atoms with Crippen LogP contribution < -0.4 is 20.5 Å². The molecule has 1 saturated carbocycles. The number of nitrogen functional groups attached to an aromatic ring is 1. The molecular weight excluding hydrogens is 420 g/mol.